The van der Waals surface area contributed by atoms with Gasteiger partial charge in [-0.3, -0.25) is 4.90 Å². The number of nitrogens with zero attached hydrogens (tertiary/aromatic N) is 7. The molecule has 12 heteroatoms. The van der Waals surface area contributed by atoms with Crippen LogP contribution in [0.15, 0.2) is 42.9 Å². The molecule has 1 amide bonds. The minimum absolute atomic E-state index is 0.0816. The third kappa shape index (κ3) is 3.74. The Balaban J connectivity index is 1.77. The van der Waals surface area contributed by atoms with Crippen molar-refractivity contribution in [3.63, 3.8) is 0 Å². The fourth-order valence-electron chi connectivity index (χ4n) is 1.88. The van der Waals surface area contributed by atoms with E-state index in [2.05, 4.69) is 25.5 Å². The highest BCUT2D eigenvalue weighted by Crippen LogP contribution is 2.30. The van der Waals surface area contributed by atoms with Crippen molar-refractivity contribution in [2.75, 3.05) is 11.9 Å². The van der Waals surface area contributed by atoms with E-state index in [1.54, 1.807) is 12.1 Å². The molecule has 0 aromatic carbocycles. The number of carbonyl (C=O) groups is 1. The summed E-state index contributed by atoms with van der Waals surface area (Å²) in [5.74, 6) is -0.0107. The quantitative estimate of drug-likeness (QED) is 0.701. The fourth-order valence-corrected chi connectivity index (χ4v) is 1.88. The smallest absolute Gasteiger partial charge is 0.391 e. The van der Waals surface area contributed by atoms with E-state index in [1.807, 2.05) is 0 Å². The lowest BCUT2D eigenvalue weighted by atomic mass is 10.2. The van der Waals surface area contributed by atoms with E-state index in [9.17, 15) is 18.0 Å². The van der Waals surface area contributed by atoms with Crippen molar-refractivity contribution < 1.29 is 22.7 Å². The number of hydrogen-bond donors (Lipinski definition) is 0. The molecular formula is C14H10F3N7O2. The van der Waals surface area contributed by atoms with Gasteiger partial charge < -0.3 is 4.74 Å². The van der Waals surface area contributed by atoms with Crippen LogP contribution in [0, 0.1) is 0 Å². The van der Waals surface area contributed by atoms with Crippen LogP contribution in [0.3, 0.4) is 0 Å². The molecule has 3 aromatic rings. The van der Waals surface area contributed by atoms with Gasteiger partial charge in [-0.1, -0.05) is 6.07 Å². The average molecular weight is 365 g/mol. The number of halogens is 3. The molecule has 3 rings (SSSR count). The van der Waals surface area contributed by atoms with E-state index in [4.69, 9.17) is 4.74 Å². The van der Waals surface area contributed by atoms with Gasteiger partial charge in [-0.05, 0) is 28.6 Å². The summed E-state index contributed by atoms with van der Waals surface area (Å²) < 4.78 is 44.6. The van der Waals surface area contributed by atoms with Gasteiger partial charge >= 0.3 is 12.3 Å². The lowest BCUT2D eigenvalue weighted by molar-refractivity contribution is -0.137. The topological polar surface area (TPSA) is 98.9 Å². The number of ether oxygens (including phenoxy) is 1. The summed E-state index contributed by atoms with van der Waals surface area (Å²) in [5.41, 5.74) is -0.930. The van der Waals surface area contributed by atoms with E-state index in [0.717, 1.165) is 23.2 Å². The van der Waals surface area contributed by atoms with Crippen LogP contribution >= 0.6 is 0 Å². The lowest BCUT2D eigenvalue weighted by Crippen LogP contribution is -2.30. The third-order valence-electron chi connectivity index (χ3n) is 3.17. The molecule has 0 N–H and O–H groups in total. The van der Waals surface area contributed by atoms with Crippen LogP contribution in [0.2, 0.25) is 0 Å². The van der Waals surface area contributed by atoms with Crippen LogP contribution in [-0.2, 0) is 6.18 Å². The first kappa shape index (κ1) is 17.3. The standard InChI is InChI=1S/C14H10F3N7O2/c1-23(11-7-9(5-6-18-11)14(15,16)17)13(25)26-12-4-2-3-10(20-12)24-8-19-21-22-24/h2-8H,1H3. The number of pyridine rings is 2. The Morgan fingerprint density at radius 2 is 2.08 bits per heavy atom. The maximum Gasteiger partial charge on any atom is 0.422 e. The molecule has 0 bridgehead atoms. The van der Waals surface area contributed by atoms with Gasteiger partial charge in [0.05, 0.1) is 5.56 Å². The van der Waals surface area contributed by atoms with E-state index in [-0.39, 0.29) is 11.7 Å². The second-order valence-corrected chi connectivity index (χ2v) is 4.92. The molecule has 134 valence electrons. The van der Waals surface area contributed by atoms with Gasteiger partial charge in [-0.25, -0.2) is 9.78 Å². The summed E-state index contributed by atoms with van der Waals surface area (Å²) in [4.78, 5) is 20.8. The minimum atomic E-state index is -4.55. The SMILES string of the molecule is CN(C(=O)Oc1cccc(-n2cnnn2)n1)c1cc(C(F)(F)F)ccn1. The highest BCUT2D eigenvalue weighted by molar-refractivity contribution is 5.87. The normalized spacial score (nSPS) is 11.2. The second-order valence-electron chi connectivity index (χ2n) is 4.92. The largest absolute Gasteiger partial charge is 0.422 e. The molecule has 0 spiro atoms. The van der Waals surface area contributed by atoms with Crippen molar-refractivity contribution in [1.29, 1.82) is 0 Å². The van der Waals surface area contributed by atoms with Crippen LogP contribution in [0.5, 0.6) is 5.88 Å². The van der Waals surface area contributed by atoms with Crippen molar-refractivity contribution in [3.8, 4) is 11.7 Å². The van der Waals surface area contributed by atoms with Crippen LogP contribution < -0.4 is 9.64 Å². The maximum atomic E-state index is 12.8. The van der Waals surface area contributed by atoms with E-state index >= 15 is 0 Å². The van der Waals surface area contributed by atoms with Gasteiger partial charge in [-0.2, -0.15) is 22.8 Å². The Hall–Kier alpha value is -3.57. The number of anilines is 1. The van der Waals surface area contributed by atoms with Crippen LogP contribution in [0.1, 0.15) is 5.56 Å². The third-order valence-corrected chi connectivity index (χ3v) is 3.17. The van der Waals surface area contributed by atoms with E-state index < -0.39 is 17.8 Å². The van der Waals surface area contributed by atoms with E-state index in [1.165, 1.54) is 24.1 Å². The zero-order chi connectivity index (χ0) is 18.7. The zero-order valence-electron chi connectivity index (χ0n) is 13.1. The monoisotopic (exact) mass is 365 g/mol. The van der Waals surface area contributed by atoms with Gasteiger partial charge in [0, 0.05) is 19.3 Å². The van der Waals surface area contributed by atoms with Gasteiger partial charge in [0.15, 0.2) is 5.82 Å². The van der Waals surface area contributed by atoms with Crippen LogP contribution in [0.4, 0.5) is 23.8 Å². The van der Waals surface area contributed by atoms with Crippen molar-refractivity contribution in [3.05, 3.63) is 48.4 Å². The minimum Gasteiger partial charge on any atom is -0.391 e. The number of hydrogen-bond acceptors (Lipinski definition) is 7. The highest BCUT2D eigenvalue weighted by atomic mass is 19.4. The zero-order valence-corrected chi connectivity index (χ0v) is 13.1. The van der Waals surface area contributed by atoms with Gasteiger partial charge in [0.25, 0.3) is 0 Å². The van der Waals surface area contributed by atoms with Crippen LogP contribution in [-0.4, -0.2) is 43.3 Å². The van der Waals surface area contributed by atoms with Gasteiger partial charge in [-0.15, -0.1) is 5.10 Å². The Kier molecular flexibility index (Phi) is 4.47. The first-order valence-electron chi connectivity index (χ1n) is 7.04. The molecule has 0 saturated heterocycles. The van der Waals surface area contributed by atoms with Gasteiger partial charge in [0.2, 0.25) is 5.88 Å². The second kappa shape index (κ2) is 6.74. The number of carbonyl (C=O) groups excluding carboxylic acids is 1. The summed E-state index contributed by atoms with van der Waals surface area (Å²) >= 11 is 0. The number of rotatable bonds is 3. The average Bonchev–Trinajstić information content (AvgIpc) is 3.15. The molecule has 3 heterocycles. The maximum absolute atomic E-state index is 12.8. The Bertz CT molecular complexity index is 915. The Morgan fingerprint density at radius 3 is 2.77 bits per heavy atom. The molecule has 0 aliphatic heterocycles. The summed E-state index contributed by atoms with van der Waals surface area (Å²) in [6.07, 6.45) is -3.26. The van der Waals surface area contributed by atoms with Crippen LogP contribution in [0.25, 0.3) is 5.82 Å². The van der Waals surface area contributed by atoms with Crippen molar-refractivity contribution in [2.24, 2.45) is 0 Å². The molecular weight excluding hydrogens is 355 g/mol. The van der Waals surface area contributed by atoms with E-state index in [0.29, 0.717) is 5.82 Å². The van der Waals surface area contributed by atoms with Crippen molar-refractivity contribution >= 4 is 11.9 Å². The molecule has 3 aromatic heterocycles. The lowest BCUT2D eigenvalue weighted by Gasteiger charge is -2.17. The Labute approximate surface area is 144 Å². The molecule has 26 heavy (non-hydrogen) atoms. The fraction of sp³-hybridized carbons (Fsp3) is 0.143. The number of tetrazole rings is 1. The number of alkyl halides is 3. The van der Waals surface area contributed by atoms with Gasteiger partial charge in [0.1, 0.15) is 12.1 Å². The molecule has 9 nitrogen and oxygen atoms in total. The molecule has 0 radical (unpaired) electrons. The van der Waals surface area contributed by atoms with Crippen molar-refractivity contribution in [1.82, 2.24) is 30.2 Å². The summed E-state index contributed by atoms with van der Waals surface area (Å²) in [6, 6.07) is 6.08. The summed E-state index contributed by atoms with van der Waals surface area (Å²) in [6.45, 7) is 0. The molecule has 0 saturated carbocycles. The summed E-state index contributed by atoms with van der Waals surface area (Å²) in [7, 11) is 1.23. The number of amides is 1. The molecule has 0 fully saturated rings. The highest BCUT2D eigenvalue weighted by Gasteiger charge is 2.31. The first-order chi connectivity index (χ1) is 12.3. The predicted molar refractivity (Wildman–Crippen MR) is 80.6 cm³/mol. The molecule has 0 atom stereocenters. The molecule has 0 aliphatic rings. The predicted octanol–water partition coefficient (Wildman–Crippen LogP) is 2.11. The first-order valence-corrected chi connectivity index (χ1v) is 7.04. The number of aromatic nitrogens is 6. The van der Waals surface area contributed by atoms with Crippen molar-refractivity contribution in [2.45, 2.75) is 6.18 Å². The summed E-state index contributed by atoms with van der Waals surface area (Å²) in [5, 5.41) is 10.6. The molecule has 0 aliphatic carbocycles. The molecule has 0 unspecified atom stereocenters. The Morgan fingerprint density at radius 1 is 1.27 bits per heavy atom.